The first-order valence-electron chi connectivity index (χ1n) is 7.19. The Morgan fingerprint density at radius 1 is 1.14 bits per heavy atom. The Morgan fingerprint density at radius 3 is 2.46 bits per heavy atom. The highest BCUT2D eigenvalue weighted by atomic mass is 35.5. The van der Waals surface area contributed by atoms with Gasteiger partial charge in [0, 0.05) is 18.5 Å². The van der Waals surface area contributed by atoms with E-state index < -0.39 is 44.0 Å². The second-order valence-corrected chi connectivity index (χ2v) is 7.95. The number of nitrogens with one attached hydrogen (secondary N) is 1. The van der Waals surface area contributed by atoms with E-state index in [0.29, 0.717) is 12.3 Å². The maximum Gasteiger partial charge on any atom is 0.417 e. The van der Waals surface area contributed by atoms with Gasteiger partial charge in [0.1, 0.15) is 16.3 Å². The van der Waals surface area contributed by atoms with E-state index in [9.17, 15) is 31.5 Å². The van der Waals surface area contributed by atoms with E-state index >= 15 is 0 Å². The Balaban J connectivity index is 1.98. The molecule has 0 unspecified atom stereocenters. The van der Waals surface area contributed by atoms with Crippen molar-refractivity contribution < 1.29 is 31.5 Å². The topological polar surface area (TPSA) is 101 Å². The van der Waals surface area contributed by atoms with Crippen molar-refractivity contribution in [3.63, 3.8) is 0 Å². The fourth-order valence-corrected chi connectivity index (χ4v) is 3.99. The third kappa shape index (κ3) is 3.86. The van der Waals surface area contributed by atoms with E-state index in [0.717, 1.165) is 28.8 Å². The molecule has 28 heavy (non-hydrogen) atoms. The number of hydrogen-bond acceptors (Lipinski definition) is 5. The molecule has 2 heterocycles. The predicted octanol–water partition coefficient (Wildman–Crippen LogP) is 3.48. The molecule has 0 aliphatic carbocycles. The standard InChI is InChI=1S/C15H8Cl2F3N3O4S/c16-9-2-1-8(24)4-12(9)28(26,27)22-14(25)11-6-23-5-7(15(18,19)20)3-10(17)13(23)21-11/h1-6,24H,(H,22,25). The second kappa shape index (κ2) is 6.83. The number of alkyl halides is 3. The summed E-state index contributed by atoms with van der Waals surface area (Å²) in [4.78, 5) is 15.4. The number of fused-ring (bicyclic) bond motifs is 1. The van der Waals surface area contributed by atoms with Gasteiger partial charge in [0.25, 0.3) is 15.9 Å². The maximum absolute atomic E-state index is 12.9. The summed E-state index contributed by atoms with van der Waals surface area (Å²) < 4.78 is 65.7. The van der Waals surface area contributed by atoms with Crippen LogP contribution in [0.25, 0.3) is 5.65 Å². The monoisotopic (exact) mass is 453 g/mol. The minimum absolute atomic E-state index is 0.174. The number of sulfonamides is 1. The van der Waals surface area contributed by atoms with Crippen molar-refractivity contribution in [1.82, 2.24) is 14.1 Å². The lowest BCUT2D eigenvalue weighted by molar-refractivity contribution is -0.137. The van der Waals surface area contributed by atoms with Crippen LogP contribution in [-0.2, 0) is 16.2 Å². The first kappa shape index (κ1) is 20.2. The molecule has 0 saturated carbocycles. The summed E-state index contributed by atoms with van der Waals surface area (Å²) in [6, 6.07) is 3.72. The van der Waals surface area contributed by atoms with Gasteiger partial charge in [0.2, 0.25) is 0 Å². The Morgan fingerprint density at radius 2 is 1.82 bits per heavy atom. The molecule has 0 fully saturated rings. The number of carbonyl (C=O) groups is 1. The number of nitrogens with zero attached hydrogens (tertiary/aromatic N) is 2. The van der Waals surface area contributed by atoms with Gasteiger partial charge >= 0.3 is 6.18 Å². The van der Waals surface area contributed by atoms with Gasteiger partial charge in [-0.1, -0.05) is 23.2 Å². The van der Waals surface area contributed by atoms with E-state index in [1.54, 1.807) is 4.72 Å². The Kier molecular flexibility index (Phi) is 4.94. The molecule has 2 N–H and O–H groups in total. The third-order valence-electron chi connectivity index (χ3n) is 3.50. The molecule has 148 valence electrons. The van der Waals surface area contributed by atoms with Crippen molar-refractivity contribution in [2.24, 2.45) is 0 Å². The normalized spacial score (nSPS) is 12.3. The molecular formula is C15H8Cl2F3N3O4S. The van der Waals surface area contributed by atoms with Crippen LogP contribution in [0.5, 0.6) is 5.75 Å². The minimum atomic E-state index is -4.68. The van der Waals surface area contributed by atoms with Gasteiger partial charge in [0.15, 0.2) is 5.65 Å². The van der Waals surface area contributed by atoms with Crippen molar-refractivity contribution in [3.05, 3.63) is 58.0 Å². The molecule has 7 nitrogen and oxygen atoms in total. The number of carbonyl (C=O) groups excluding carboxylic acids is 1. The van der Waals surface area contributed by atoms with Gasteiger partial charge in [0.05, 0.1) is 15.6 Å². The summed E-state index contributed by atoms with van der Waals surface area (Å²) in [6.45, 7) is 0. The fourth-order valence-electron chi connectivity index (χ4n) is 2.25. The number of rotatable bonds is 3. The third-order valence-corrected chi connectivity index (χ3v) is 5.59. The van der Waals surface area contributed by atoms with Crippen molar-refractivity contribution in [2.45, 2.75) is 11.1 Å². The van der Waals surface area contributed by atoms with E-state index in [2.05, 4.69) is 4.98 Å². The van der Waals surface area contributed by atoms with Crippen LogP contribution >= 0.6 is 23.2 Å². The number of pyridine rings is 1. The number of aromatic nitrogens is 2. The van der Waals surface area contributed by atoms with Crippen molar-refractivity contribution in [1.29, 1.82) is 0 Å². The lowest BCUT2D eigenvalue weighted by atomic mass is 10.3. The molecule has 3 aromatic rings. The van der Waals surface area contributed by atoms with Gasteiger partial charge in [-0.25, -0.2) is 18.1 Å². The first-order valence-corrected chi connectivity index (χ1v) is 9.43. The molecule has 0 atom stereocenters. The van der Waals surface area contributed by atoms with Crippen LogP contribution in [0.3, 0.4) is 0 Å². The number of hydrogen-bond donors (Lipinski definition) is 2. The molecule has 0 radical (unpaired) electrons. The largest absolute Gasteiger partial charge is 0.508 e. The van der Waals surface area contributed by atoms with Crippen LogP contribution < -0.4 is 4.72 Å². The number of imidazole rings is 1. The van der Waals surface area contributed by atoms with Gasteiger partial charge < -0.3 is 9.51 Å². The number of phenolic OH excluding ortho intramolecular Hbond substituents is 1. The SMILES string of the molecule is O=C(NS(=O)(=O)c1cc(O)ccc1Cl)c1cn2cc(C(F)(F)F)cc(Cl)c2n1. The average Bonchev–Trinajstić information content (AvgIpc) is 3.01. The molecule has 0 saturated heterocycles. The number of benzene rings is 1. The molecule has 13 heteroatoms. The van der Waals surface area contributed by atoms with E-state index in [-0.39, 0.29) is 15.7 Å². The Bertz CT molecular complexity index is 1210. The van der Waals surface area contributed by atoms with Gasteiger partial charge in [-0.05, 0) is 18.2 Å². The zero-order valence-electron chi connectivity index (χ0n) is 13.3. The van der Waals surface area contributed by atoms with Gasteiger partial charge in [-0.3, -0.25) is 4.79 Å². The lowest BCUT2D eigenvalue weighted by Crippen LogP contribution is -2.31. The van der Waals surface area contributed by atoms with Crippen molar-refractivity contribution in [3.8, 4) is 5.75 Å². The molecule has 0 aliphatic heterocycles. The van der Waals surface area contributed by atoms with Crippen molar-refractivity contribution >= 4 is 44.8 Å². The Hall–Kier alpha value is -2.50. The maximum atomic E-state index is 12.9. The smallest absolute Gasteiger partial charge is 0.417 e. The van der Waals surface area contributed by atoms with Crippen molar-refractivity contribution in [2.75, 3.05) is 0 Å². The van der Waals surface area contributed by atoms with Gasteiger partial charge in [-0.2, -0.15) is 13.2 Å². The molecular weight excluding hydrogens is 446 g/mol. The summed E-state index contributed by atoms with van der Waals surface area (Å²) in [5, 5.41) is 8.77. The number of amides is 1. The highest BCUT2D eigenvalue weighted by Crippen LogP contribution is 2.32. The molecule has 1 amide bonds. The van der Waals surface area contributed by atoms with Crippen LogP contribution in [0.2, 0.25) is 10.0 Å². The van der Waals surface area contributed by atoms with E-state index in [1.807, 2.05) is 0 Å². The number of aromatic hydroxyl groups is 1. The minimum Gasteiger partial charge on any atom is -0.508 e. The molecule has 1 aromatic carbocycles. The highest BCUT2D eigenvalue weighted by Gasteiger charge is 2.32. The summed E-state index contributed by atoms with van der Waals surface area (Å²) in [5.74, 6) is -1.64. The first-order chi connectivity index (χ1) is 12.9. The summed E-state index contributed by atoms with van der Waals surface area (Å²) in [6.07, 6.45) is -3.13. The van der Waals surface area contributed by atoms with Gasteiger partial charge in [-0.15, -0.1) is 0 Å². The summed E-state index contributed by atoms with van der Waals surface area (Å²) in [5.41, 5.74) is -1.75. The highest BCUT2D eigenvalue weighted by molar-refractivity contribution is 7.90. The molecule has 3 rings (SSSR count). The molecule has 0 aliphatic rings. The van der Waals surface area contributed by atoms with Crippen LogP contribution in [0, 0.1) is 0 Å². The zero-order chi connectivity index (χ0) is 20.9. The molecule has 2 aromatic heterocycles. The van der Waals surface area contributed by atoms with Crippen LogP contribution in [0.15, 0.2) is 41.6 Å². The average molecular weight is 454 g/mol. The van der Waals surface area contributed by atoms with E-state index in [1.165, 1.54) is 0 Å². The zero-order valence-corrected chi connectivity index (χ0v) is 15.7. The van der Waals surface area contributed by atoms with Crippen LogP contribution in [-0.4, -0.2) is 28.8 Å². The predicted molar refractivity (Wildman–Crippen MR) is 93.0 cm³/mol. The fraction of sp³-hybridized carbons (Fsp3) is 0.0667. The quantitative estimate of drug-likeness (QED) is 0.631. The lowest BCUT2D eigenvalue weighted by Gasteiger charge is -2.07. The molecule has 0 spiro atoms. The summed E-state index contributed by atoms with van der Waals surface area (Å²) >= 11 is 11.5. The Labute approximate surface area is 165 Å². The number of phenols is 1. The van der Waals surface area contributed by atoms with Crippen LogP contribution in [0.1, 0.15) is 16.1 Å². The van der Waals surface area contributed by atoms with E-state index in [4.69, 9.17) is 23.2 Å². The van der Waals surface area contributed by atoms with Crippen LogP contribution in [0.4, 0.5) is 13.2 Å². The second-order valence-electron chi connectivity index (χ2n) is 5.48. The molecule has 0 bridgehead atoms. The summed E-state index contributed by atoms with van der Waals surface area (Å²) in [7, 11) is -4.49. The number of halogens is 5.